The largest absolute Gasteiger partial charge is 0.481 e. The zero-order chi connectivity index (χ0) is 15.8. The Kier molecular flexibility index (Phi) is 3.97. The molecule has 116 valence electrons. The molecule has 2 heterocycles. The smallest absolute Gasteiger partial charge is 0.308 e. The van der Waals surface area contributed by atoms with Crippen LogP contribution in [0.4, 0.5) is 5.69 Å². The Bertz CT molecular complexity index is 632. The van der Waals surface area contributed by atoms with Crippen molar-refractivity contribution in [3.05, 3.63) is 18.3 Å². The number of carbonyl (C=O) groups is 1. The highest BCUT2D eigenvalue weighted by atomic mass is 32.2. The highest BCUT2D eigenvalue weighted by Gasteiger charge is 2.33. The third kappa shape index (κ3) is 3.02. The molecule has 21 heavy (non-hydrogen) atoms. The molecule has 0 saturated carbocycles. The first-order valence-corrected chi connectivity index (χ1v) is 8.29. The van der Waals surface area contributed by atoms with Gasteiger partial charge < -0.3 is 10.0 Å². The van der Waals surface area contributed by atoms with Crippen molar-refractivity contribution in [2.24, 2.45) is 5.92 Å². The van der Waals surface area contributed by atoms with Crippen molar-refractivity contribution in [2.45, 2.75) is 37.0 Å². The molecule has 0 amide bonds. The van der Waals surface area contributed by atoms with Crippen LogP contribution >= 0.6 is 0 Å². The van der Waals surface area contributed by atoms with Gasteiger partial charge in [-0.25, -0.2) is 13.4 Å². The van der Waals surface area contributed by atoms with E-state index in [0.29, 0.717) is 19.5 Å². The molecule has 0 spiro atoms. The lowest BCUT2D eigenvalue weighted by Crippen LogP contribution is -2.29. The van der Waals surface area contributed by atoms with Gasteiger partial charge >= 0.3 is 5.97 Å². The van der Waals surface area contributed by atoms with Crippen molar-refractivity contribution >= 4 is 21.5 Å². The molecule has 1 N–H and O–H groups in total. The van der Waals surface area contributed by atoms with Crippen LogP contribution in [-0.4, -0.2) is 42.3 Å². The number of rotatable bonds is 3. The standard InChI is InChI=1S/C14H20N2O4S/c1-14(2,3)21(19,20)12-5-4-11(8-15-12)16-7-6-10(9-16)13(17)18/h4-5,8,10H,6-7,9H2,1-3H3,(H,17,18). The highest BCUT2D eigenvalue weighted by Crippen LogP contribution is 2.27. The summed E-state index contributed by atoms with van der Waals surface area (Å²) < 4.78 is 23.6. The molecule has 1 fully saturated rings. The predicted octanol–water partition coefficient (Wildman–Crippen LogP) is 1.56. The number of carboxylic acids is 1. The van der Waals surface area contributed by atoms with E-state index in [2.05, 4.69) is 4.98 Å². The molecule has 0 aliphatic carbocycles. The van der Waals surface area contributed by atoms with Crippen molar-refractivity contribution < 1.29 is 18.3 Å². The first-order chi connectivity index (χ1) is 9.63. The summed E-state index contributed by atoms with van der Waals surface area (Å²) in [5.74, 6) is -1.17. The zero-order valence-corrected chi connectivity index (χ0v) is 13.2. The molecule has 7 heteroatoms. The van der Waals surface area contributed by atoms with Gasteiger partial charge in [0.15, 0.2) is 14.9 Å². The number of carboxylic acid groups (broad SMARTS) is 1. The fourth-order valence-corrected chi connectivity index (χ4v) is 3.29. The molecule has 1 atom stereocenters. The zero-order valence-electron chi connectivity index (χ0n) is 12.4. The molecule has 0 radical (unpaired) electrons. The SMILES string of the molecule is CC(C)(C)S(=O)(=O)c1ccc(N2CCC(C(=O)O)C2)cn1. The summed E-state index contributed by atoms with van der Waals surface area (Å²) >= 11 is 0. The second-order valence-electron chi connectivity index (χ2n) is 6.24. The van der Waals surface area contributed by atoms with Crippen molar-refractivity contribution in [3.63, 3.8) is 0 Å². The minimum Gasteiger partial charge on any atom is -0.481 e. The number of hydrogen-bond acceptors (Lipinski definition) is 5. The molecule has 1 saturated heterocycles. The van der Waals surface area contributed by atoms with Gasteiger partial charge in [-0.1, -0.05) is 0 Å². The second kappa shape index (κ2) is 5.29. The van der Waals surface area contributed by atoms with E-state index in [1.807, 2.05) is 4.90 Å². The number of sulfone groups is 1. The quantitative estimate of drug-likeness (QED) is 0.911. The van der Waals surface area contributed by atoms with Gasteiger partial charge in [0.2, 0.25) is 0 Å². The Morgan fingerprint density at radius 2 is 2.05 bits per heavy atom. The van der Waals surface area contributed by atoms with Gasteiger partial charge in [0.25, 0.3) is 0 Å². The van der Waals surface area contributed by atoms with Crippen LogP contribution in [-0.2, 0) is 14.6 Å². The Labute approximate surface area is 124 Å². The Balaban J connectivity index is 2.19. The van der Waals surface area contributed by atoms with E-state index in [9.17, 15) is 13.2 Å². The van der Waals surface area contributed by atoms with Crippen molar-refractivity contribution in [1.29, 1.82) is 0 Å². The molecule has 6 nitrogen and oxygen atoms in total. The van der Waals surface area contributed by atoms with E-state index in [1.165, 1.54) is 12.3 Å². The molecule has 1 aromatic heterocycles. The van der Waals surface area contributed by atoms with Crippen LogP contribution in [0.15, 0.2) is 23.4 Å². The monoisotopic (exact) mass is 312 g/mol. The summed E-state index contributed by atoms with van der Waals surface area (Å²) in [6.45, 7) is 5.98. The Morgan fingerprint density at radius 3 is 2.48 bits per heavy atom. The summed E-state index contributed by atoms with van der Waals surface area (Å²) in [5.41, 5.74) is 0.756. The maximum atomic E-state index is 12.3. The number of anilines is 1. The molecule has 1 unspecified atom stereocenters. The van der Waals surface area contributed by atoms with E-state index in [-0.39, 0.29) is 10.9 Å². The number of aliphatic carboxylic acids is 1. The van der Waals surface area contributed by atoms with Gasteiger partial charge in [-0.3, -0.25) is 4.79 Å². The fraction of sp³-hybridized carbons (Fsp3) is 0.571. The molecule has 1 aliphatic heterocycles. The molecular weight excluding hydrogens is 292 g/mol. The first-order valence-electron chi connectivity index (χ1n) is 6.81. The number of aromatic nitrogens is 1. The molecule has 0 aromatic carbocycles. The molecule has 1 aromatic rings. The van der Waals surface area contributed by atoms with Crippen LogP contribution in [0, 0.1) is 5.92 Å². The van der Waals surface area contributed by atoms with Crippen LogP contribution < -0.4 is 4.90 Å². The minimum absolute atomic E-state index is 0.0488. The van der Waals surface area contributed by atoms with Crippen LogP contribution in [0.25, 0.3) is 0 Å². The Hall–Kier alpha value is -1.63. The van der Waals surface area contributed by atoms with E-state index in [0.717, 1.165) is 5.69 Å². The average molecular weight is 312 g/mol. The highest BCUT2D eigenvalue weighted by molar-refractivity contribution is 7.92. The van der Waals surface area contributed by atoms with Crippen molar-refractivity contribution in [2.75, 3.05) is 18.0 Å². The molecule has 1 aliphatic rings. The van der Waals surface area contributed by atoms with Gasteiger partial charge in [-0.05, 0) is 39.3 Å². The molecular formula is C14H20N2O4S. The van der Waals surface area contributed by atoms with Gasteiger partial charge in [-0.2, -0.15) is 0 Å². The fourth-order valence-electron chi connectivity index (χ4n) is 2.23. The summed E-state index contributed by atoms with van der Waals surface area (Å²) in [6, 6.07) is 3.18. The minimum atomic E-state index is -3.46. The van der Waals surface area contributed by atoms with E-state index < -0.39 is 20.6 Å². The summed E-state index contributed by atoms with van der Waals surface area (Å²) in [6.07, 6.45) is 2.10. The number of pyridine rings is 1. The summed E-state index contributed by atoms with van der Waals surface area (Å²) in [7, 11) is -3.46. The maximum absolute atomic E-state index is 12.3. The lowest BCUT2D eigenvalue weighted by atomic mass is 10.1. The topological polar surface area (TPSA) is 87.6 Å². The van der Waals surface area contributed by atoms with Gasteiger partial charge in [-0.15, -0.1) is 0 Å². The lowest BCUT2D eigenvalue weighted by molar-refractivity contribution is -0.140. The summed E-state index contributed by atoms with van der Waals surface area (Å²) in [4.78, 5) is 16.9. The normalized spacial score (nSPS) is 19.8. The third-order valence-corrected chi connectivity index (χ3v) is 6.11. The first kappa shape index (κ1) is 15.8. The maximum Gasteiger partial charge on any atom is 0.308 e. The van der Waals surface area contributed by atoms with Crippen LogP contribution in [0.1, 0.15) is 27.2 Å². The van der Waals surface area contributed by atoms with Crippen LogP contribution in [0.2, 0.25) is 0 Å². The van der Waals surface area contributed by atoms with Gasteiger partial charge in [0, 0.05) is 13.1 Å². The van der Waals surface area contributed by atoms with Gasteiger partial charge in [0.1, 0.15) is 0 Å². The predicted molar refractivity (Wildman–Crippen MR) is 79.1 cm³/mol. The van der Waals surface area contributed by atoms with Crippen molar-refractivity contribution in [1.82, 2.24) is 4.98 Å². The molecule has 0 bridgehead atoms. The van der Waals surface area contributed by atoms with E-state index in [4.69, 9.17) is 5.11 Å². The molecule has 2 rings (SSSR count). The third-order valence-electron chi connectivity index (χ3n) is 3.70. The number of nitrogens with zero attached hydrogens (tertiary/aromatic N) is 2. The second-order valence-corrected chi connectivity index (χ2v) is 8.89. The van der Waals surface area contributed by atoms with E-state index >= 15 is 0 Å². The van der Waals surface area contributed by atoms with Crippen LogP contribution in [0.3, 0.4) is 0 Å². The Morgan fingerprint density at radius 1 is 1.38 bits per heavy atom. The summed E-state index contributed by atoms with van der Waals surface area (Å²) in [5, 5.41) is 9.05. The van der Waals surface area contributed by atoms with Crippen LogP contribution in [0.5, 0.6) is 0 Å². The van der Waals surface area contributed by atoms with Crippen molar-refractivity contribution in [3.8, 4) is 0 Å². The van der Waals surface area contributed by atoms with Gasteiger partial charge in [0.05, 0.1) is 22.5 Å². The van der Waals surface area contributed by atoms with E-state index in [1.54, 1.807) is 26.8 Å². The average Bonchev–Trinajstić information content (AvgIpc) is 2.87. The lowest BCUT2D eigenvalue weighted by Gasteiger charge is -2.20. The number of hydrogen-bond donors (Lipinski definition) is 1.